The highest BCUT2D eigenvalue weighted by Crippen LogP contribution is 2.23. The lowest BCUT2D eigenvalue weighted by Crippen LogP contribution is -2.13. The number of anilines is 1. The summed E-state index contributed by atoms with van der Waals surface area (Å²) < 4.78 is 67.5. The zero-order valence-electron chi connectivity index (χ0n) is 11.5. The van der Waals surface area contributed by atoms with Gasteiger partial charge in [0.05, 0.1) is 4.90 Å². The first-order valence-electron chi connectivity index (χ1n) is 6.27. The molecule has 0 saturated heterocycles. The number of halogens is 3. The third kappa shape index (κ3) is 4.48. The molecule has 1 heterocycles. The molecule has 0 radical (unpaired) electrons. The number of nitrogens with zero attached hydrogens (tertiary/aromatic N) is 1. The summed E-state index contributed by atoms with van der Waals surface area (Å²) in [6.07, 6.45) is -5.38. The van der Waals surface area contributed by atoms with E-state index in [1.54, 1.807) is 6.92 Å². The largest absolute Gasteiger partial charge is 0.389 e. The van der Waals surface area contributed by atoms with Crippen LogP contribution in [0.2, 0.25) is 0 Å². The van der Waals surface area contributed by atoms with Gasteiger partial charge in [-0.05, 0) is 31.0 Å². The monoisotopic (exact) mass is 334 g/mol. The molecule has 0 spiro atoms. The zero-order valence-corrected chi connectivity index (χ0v) is 12.3. The SMILES string of the molecule is Cc1cc(NS(=O)(=O)c2ccc(CCC(F)(F)F)cc2)no1. The van der Waals surface area contributed by atoms with Crippen LogP contribution < -0.4 is 4.72 Å². The average Bonchev–Trinajstić information content (AvgIpc) is 2.81. The van der Waals surface area contributed by atoms with E-state index >= 15 is 0 Å². The van der Waals surface area contributed by atoms with Crippen LogP contribution in [0.1, 0.15) is 17.7 Å². The molecule has 0 atom stereocenters. The van der Waals surface area contributed by atoms with E-state index in [0.29, 0.717) is 11.3 Å². The van der Waals surface area contributed by atoms with Crippen LogP contribution in [-0.4, -0.2) is 19.8 Å². The molecule has 5 nitrogen and oxygen atoms in total. The van der Waals surface area contributed by atoms with Gasteiger partial charge in [-0.25, -0.2) is 8.42 Å². The predicted octanol–water partition coefficient (Wildman–Crippen LogP) is 3.28. The van der Waals surface area contributed by atoms with Gasteiger partial charge in [0.1, 0.15) is 5.76 Å². The number of hydrogen-bond donors (Lipinski definition) is 1. The third-order valence-electron chi connectivity index (χ3n) is 2.80. The van der Waals surface area contributed by atoms with Crippen LogP contribution >= 0.6 is 0 Å². The molecule has 1 N–H and O–H groups in total. The molecule has 0 unspecified atom stereocenters. The fourth-order valence-electron chi connectivity index (χ4n) is 1.73. The molecular formula is C13H13F3N2O3S. The summed E-state index contributed by atoms with van der Waals surface area (Å²) in [7, 11) is -3.85. The molecular weight excluding hydrogens is 321 g/mol. The second kappa shape index (κ2) is 5.99. The number of alkyl halides is 3. The summed E-state index contributed by atoms with van der Waals surface area (Å²) in [5, 5.41) is 3.51. The Labute approximate surface area is 125 Å². The predicted molar refractivity (Wildman–Crippen MR) is 72.9 cm³/mol. The first-order valence-corrected chi connectivity index (χ1v) is 7.76. The van der Waals surface area contributed by atoms with Gasteiger partial charge in [-0.2, -0.15) is 13.2 Å². The minimum absolute atomic E-state index is 0.0404. The highest BCUT2D eigenvalue weighted by molar-refractivity contribution is 7.92. The van der Waals surface area contributed by atoms with Crippen molar-refractivity contribution in [2.45, 2.75) is 30.8 Å². The Balaban J connectivity index is 2.08. The topological polar surface area (TPSA) is 72.2 Å². The Morgan fingerprint density at radius 2 is 1.86 bits per heavy atom. The van der Waals surface area contributed by atoms with Gasteiger partial charge in [0.15, 0.2) is 5.82 Å². The van der Waals surface area contributed by atoms with E-state index in [4.69, 9.17) is 4.52 Å². The second-order valence-electron chi connectivity index (χ2n) is 4.69. The molecule has 2 rings (SSSR count). The van der Waals surface area contributed by atoms with Gasteiger partial charge in [-0.1, -0.05) is 17.3 Å². The van der Waals surface area contributed by atoms with Gasteiger partial charge in [0.25, 0.3) is 10.0 Å². The lowest BCUT2D eigenvalue weighted by atomic mass is 10.1. The Morgan fingerprint density at radius 3 is 2.36 bits per heavy atom. The minimum atomic E-state index is -4.24. The summed E-state index contributed by atoms with van der Waals surface area (Å²) in [6.45, 7) is 1.61. The number of benzene rings is 1. The molecule has 1 aromatic heterocycles. The van der Waals surface area contributed by atoms with E-state index in [9.17, 15) is 21.6 Å². The van der Waals surface area contributed by atoms with E-state index in [1.807, 2.05) is 0 Å². The normalized spacial score (nSPS) is 12.4. The third-order valence-corrected chi connectivity index (χ3v) is 4.17. The summed E-state index contributed by atoms with van der Waals surface area (Å²) in [4.78, 5) is -0.0658. The van der Waals surface area contributed by atoms with Crippen LogP contribution in [0.25, 0.3) is 0 Å². The number of aromatic nitrogens is 1. The molecule has 0 fully saturated rings. The zero-order chi connectivity index (χ0) is 16.4. The molecule has 22 heavy (non-hydrogen) atoms. The van der Waals surface area contributed by atoms with Crippen molar-refractivity contribution in [1.29, 1.82) is 0 Å². The number of aryl methyl sites for hydroxylation is 2. The standard InChI is InChI=1S/C13H13F3N2O3S/c1-9-8-12(17-21-9)18-22(19,20)11-4-2-10(3-5-11)6-7-13(14,15)16/h2-5,8H,6-7H2,1H3,(H,17,18). The maximum Gasteiger partial charge on any atom is 0.389 e. The van der Waals surface area contributed by atoms with Gasteiger partial charge in [-0.15, -0.1) is 0 Å². The maximum atomic E-state index is 12.1. The van der Waals surface area contributed by atoms with Gasteiger partial charge >= 0.3 is 6.18 Å². The minimum Gasteiger partial charge on any atom is -0.360 e. The van der Waals surface area contributed by atoms with Crippen molar-refractivity contribution in [2.75, 3.05) is 4.72 Å². The van der Waals surface area contributed by atoms with E-state index < -0.39 is 22.6 Å². The smallest absolute Gasteiger partial charge is 0.360 e. The van der Waals surface area contributed by atoms with Gasteiger partial charge < -0.3 is 4.52 Å². The quantitative estimate of drug-likeness (QED) is 0.911. The number of rotatable bonds is 5. The van der Waals surface area contributed by atoms with Crippen LogP contribution in [0.5, 0.6) is 0 Å². The maximum absolute atomic E-state index is 12.1. The van der Waals surface area contributed by atoms with Gasteiger partial charge in [0.2, 0.25) is 0 Å². The van der Waals surface area contributed by atoms with Gasteiger partial charge in [-0.3, -0.25) is 4.72 Å². The molecule has 0 bridgehead atoms. The average molecular weight is 334 g/mol. The Kier molecular flexibility index (Phi) is 4.45. The van der Waals surface area contributed by atoms with Crippen LogP contribution in [-0.2, 0) is 16.4 Å². The highest BCUT2D eigenvalue weighted by Gasteiger charge is 2.26. The molecule has 1 aromatic carbocycles. The summed E-state index contributed by atoms with van der Waals surface area (Å²) in [5.41, 5.74) is 0.411. The van der Waals surface area contributed by atoms with Crippen molar-refractivity contribution < 1.29 is 26.1 Å². The van der Waals surface area contributed by atoms with Crippen LogP contribution in [0.4, 0.5) is 19.0 Å². The first kappa shape index (κ1) is 16.3. The summed E-state index contributed by atoms with van der Waals surface area (Å²) >= 11 is 0. The molecule has 0 aliphatic rings. The van der Waals surface area contributed by atoms with Crippen molar-refractivity contribution in [3.05, 3.63) is 41.7 Å². The van der Waals surface area contributed by atoms with Crippen LogP contribution in [0, 0.1) is 6.92 Å². The molecule has 120 valence electrons. The van der Waals surface area contributed by atoms with E-state index in [1.165, 1.54) is 30.3 Å². The van der Waals surface area contributed by atoms with Crippen molar-refractivity contribution in [1.82, 2.24) is 5.16 Å². The lowest BCUT2D eigenvalue weighted by molar-refractivity contribution is -0.134. The first-order chi connectivity index (χ1) is 10.2. The summed E-state index contributed by atoms with van der Waals surface area (Å²) in [6, 6.07) is 6.62. The van der Waals surface area contributed by atoms with Crippen molar-refractivity contribution in [3.63, 3.8) is 0 Å². The summed E-state index contributed by atoms with van der Waals surface area (Å²) in [5.74, 6) is 0.485. The fourth-order valence-corrected chi connectivity index (χ4v) is 2.72. The Morgan fingerprint density at radius 1 is 1.23 bits per heavy atom. The molecule has 0 aliphatic carbocycles. The van der Waals surface area contributed by atoms with Gasteiger partial charge in [0, 0.05) is 12.5 Å². The number of sulfonamides is 1. The van der Waals surface area contributed by atoms with E-state index in [2.05, 4.69) is 9.88 Å². The molecule has 9 heteroatoms. The van der Waals surface area contributed by atoms with Crippen LogP contribution in [0.3, 0.4) is 0 Å². The Bertz CT molecular complexity index is 737. The number of hydrogen-bond acceptors (Lipinski definition) is 4. The van der Waals surface area contributed by atoms with E-state index in [0.717, 1.165) is 0 Å². The van der Waals surface area contributed by atoms with E-state index in [-0.39, 0.29) is 17.1 Å². The molecule has 2 aromatic rings. The second-order valence-corrected chi connectivity index (χ2v) is 6.37. The van der Waals surface area contributed by atoms with Crippen molar-refractivity contribution in [3.8, 4) is 0 Å². The Hall–Kier alpha value is -2.03. The lowest BCUT2D eigenvalue weighted by Gasteiger charge is -2.08. The number of nitrogens with one attached hydrogen (secondary N) is 1. The van der Waals surface area contributed by atoms with Crippen LogP contribution in [0.15, 0.2) is 39.8 Å². The fraction of sp³-hybridized carbons (Fsp3) is 0.308. The molecule has 0 aliphatic heterocycles. The molecule has 0 saturated carbocycles. The molecule has 0 amide bonds. The highest BCUT2D eigenvalue weighted by atomic mass is 32.2. The van der Waals surface area contributed by atoms with Crippen molar-refractivity contribution in [2.24, 2.45) is 0 Å². The van der Waals surface area contributed by atoms with Crippen molar-refractivity contribution >= 4 is 15.8 Å².